The molecular formula is C20H20N2O5. The third kappa shape index (κ3) is 4.78. The minimum atomic E-state index is -0.524. The Morgan fingerprint density at radius 2 is 1.22 bits per heavy atom. The van der Waals surface area contributed by atoms with Crippen molar-refractivity contribution < 1.29 is 14.6 Å². The van der Waals surface area contributed by atoms with Crippen LogP contribution >= 0.6 is 0 Å². The van der Waals surface area contributed by atoms with Crippen LogP contribution in [0.5, 0.6) is 11.5 Å². The normalized spacial score (nSPS) is 11.2. The van der Waals surface area contributed by atoms with Gasteiger partial charge in [-0.15, -0.1) is 0 Å². The Morgan fingerprint density at radius 3 is 1.56 bits per heavy atom. The van der Waals surface area contributed by atoms with Crippen molar-refractivity contribution >= 4 is 11.4 Å². The highest BCUT2D eigenvalue weighted by molar-refractivity contribution is 5.59. The fourth-order valence-electron chi connectivity index (χ4n) is 2.65. The number of para-hydroxylation sites is 2. The molecule has 2 aromatic rings. The van der Waals surface area contributed by atoms with E-state index in [0.717, 1.165) is 0 Å². The molecule has 0 aliphatic heterocycles. The predicted molar refractivity (Wildman–Crippen MR) is 103 cm³/mol. The second-order valence-electron chi connectivity index (χ2n) is 5.69. The van der Waals surface area contributed by atoms with Gasteiger partial charge in [0.05, 0.1) is 9.85 Å². The molecule has 7 nitrogen and oxygen atoms in total. The molecule has 0 saturated heterocycles. The van der Waals surface area contributed by atoms with Gasteiger partial charge in [0.25, 0.3) is 0 Å². The Morgan fingerprint density at radius 1 is 0.815 bits per heavy atom. The third-order valence-corrected chi connectivity index (χ3v) is 3.90. The Labute approximate surface area is 156 Å². The first kappa shape index (κ1) is 19.8. The van der Waals surface area contributed by atoms with Crippen LogP contribution in [0.2, 0.25) is 0 Å². The molecule has 2 aromatic carbocycles. The smallest absolute Gasteiger partial charge is 0.315 e. The number of rotatable bonds is 8. The summed E-state index contributed by atoms with van der Waals surface area (Å²) < 4.78 is 5.67. The van der Waals surface area contributed by atoms with Gasteiger partial charge < -0.3 is 4.74 Å². The molecule has 0 heterocycles. The summed E-state index contributed by atoms with van der Waals surface area (Å²) in [5.74, 6) is -0.0402. The van der Waals surface area contributed by atoms with Crippen molar-refractivity contribution in [2.24, 2.45) is 0 Å². The molecule has 2 rings (SSSR count). The number of ether oxygens (including phenoxy) is 1. The van der Waals surface area contributed by atoms with Gasteiger partial charge in [0.2, 0.25) is 11.5 Å². The van der Waals surface area contributed by atoms with Gasteiger partial charge in [-0.25, -0.2) is 0 Å². The van der Waals surface area contributed by atoms with E-state index in [1.54, 1.807) is 48.6 Å². The average Bonchev–Trinajstić information content (AvgIpc) is 2.64. The summed E-state index contributed by atoms with van der Waals surface area (Å²) in [6.07, 6.45) is 7.93. The number of nitrogens with zero attached hydrogens (tertiary/aromatic N) is 2. The van der Waals surface area contributed by atoms with Crippen LogP contribution in [-0.4, -0.2) is 9.85 Å². The molecule has 0 unspecified atom stereocenters. The number of nitro benzene ring substituents is 2. The highest BCUT2D eigenvalue weighted by Crippen LogP contribution is 2.39. The molecule has 0 spiro atoms. The van der Waals surface area contributed by atoms with Crippen molar-refractivity contribution in [2.45, 2.75) is 26.7 Å². The van der Waals surface area contributed by atoms with E-state index in [1.165, 1.54) is 12.1 Å². The molecule has 140 valence electrons. The van der Waals surface area contributed by atoms with E-state index in [1.807, 2.05) is 13.8 Å². The van der Waals surface area contributed by atoms with Gasteiger partial charge in [0.15, 0.2) is 0 Å². The molecule has 7 heteroatoms. The highest BCUT2D eigenvalue weighted by atomic mass is 16.6. The van der Waals surface area contributed by atoms with Crippen LogP contribution in [0.15, 0.2) is 60.7 Å². The van der Waals surface area contributed by atoms with Crippen LogP contribution in [0.25, 0.3) is 0 Å². The number of allylic oxidation sites excluding steroid dienone is 4. The van der Waals surface area contributed by atoms with Gasteiger partial charge in [-0.3, -0.25) is 20.2 Å². The second kappa shape index (κ2) is 9.28. The number of hydrogen-bond donors (Lipinski definition) is 0. The fraction of sp³-hybridized carbons (Fsp3) is 0.200. The van der Waals surface area contributed by atoms with Gasteiger partial charge in [-0.1, -0.05) is 48.6 Å². The van der Waals surface area contributed by atoms with Gasteiger partial charge in [0.1, 0.15) is 0 Å². The summed E-state index contributed by atoms with van der Waals surface area (Å²) in [6.45, 7) is 3.65. The number of hydrogen-bond acceptors (Lipinski definition) is 5. The summed E-state index contributed by atoms with van der Waals surface area (Å²) in [5, 5.41) is 23.2. The molecule has 0 aliphatic carbocycles. The zero-order chi connectivity index (χ0) is 19.8. The lowest BCUT2D eigenvalue weighted by Gasteiger charge is -2.10. The highest BCUT2D eigenvalue weighted by Gasteiger charge is 2.25. The molecule has 0 bridgehead atoms. The molecule has 0 fully saturated rings. The molecule has 0 aliphatic rings. The van der Waals surface area contributed by atoms with E-state index in [4.69, 9.17) is 4.74 Å². The first-order valence-electron chi connectivity index (χ1n) is 8.42. The predicted octanol–water partition coefficient (Wildman–Crippen LogP) is 5.53. The minimum Gasteiger partial charge on any atom is -0.443 e. The third-order valence-electron chi connectivity index (χ3n) is 3.90. The van der Waals surface area contributed by atoms with Crippen molar-refractivity contribution in [1.82, 2.24) is 0 Å². The zero-order valence-electron chi connectivity index (χ0n) is 15.1. The van der Waals surface area contributed by atoms with Crippen LogP contribution in [-0.2, 0) is 12.8 Å². The molecule has 0 saturated carbocycles. The average molecular weight is 368 g/mol. The summed E-state index contributed by atoms with van der Waals surface area (Å²) in [6, 6.07) is 9.44. The Bertz CT molecular complexity index is 830. The lowest BCUT2D eigenvalue weighted by Crippen LogP contribution is -2.01. The Balaban J connectivity index is 2.54. The van der Waals surface area contributed by atoms with Gasteiger partial charge in [-0.2, -0.15) is 0 Å². The van der Waals surface area contributed by atoms with Gasteiger partial charge in [-0.05, 0) is 38.8 Å². The van der Waals surface area contributed by atoms with Crippen LogP contribution < -0.4 is 4.74 Å². The fourth-order valence-corrected chi connectivity index (χ4v) is 2.65. The van der Waals surface area contributed by atoms with E-state index in [9.17, 15) is 20.2 Å². The van der Waals surface area contributed by atoms with Crippen molar-refractivity contribution in [3.05, 3.63) is 92.1 Å². The van der Waals surface area contributed by atoms with Gasteiger partial charge >= 0.3 is 11.4 Å². The van der Waals surface area contributed by atoms with Crippen molar-refractivity contribution in [1.29, 1.82) is 0 Å². The van der Waals surface area contributed by atoms with E-state index < -0.39 is 9.85 Å². The maximum absolute atomic E-state index is 11.6. The monoisotopic (exact) mass is 368 g/mol. The van der Waals surface area contributed by atoms with Crippen molar-refractivity contribution in [3.8, 4) is 11.5 Å². The maximum Gasteiger partial charge on any atom is 0.315 e. The number of benzene rings is 2. The van der Waals surface area contributed by atoms with Gasteiger partial charge in [0, 0.05) is 11.1 Å². The lowest BCUT2D eigenvalue weighted by molar-refractivity contribution is -0.388. The lowest BCUT2D eigenvalue weighted by atomic mass is 10.1. The van der Waals surface area contributed by atoms with E-state index >= 15 is 0 Å². The molecule has 0 amide bonds. The van der Waals surface area contributed by atoms with E-state index in [2.05, 4.69) is 0 Å². The quantitative estimate of drug-likeness (QED) is 0.347. The molecule has 0 radical (unpaired) electrons. The maximum atomic E-state index is 11.6. The number of nitro groups is 2. The molecule has 0 aromatic heterocycles. The molecule has 0 atom stereocenters. The Kier molecular flexibility index (Phi) is 6.82. The van der Waals surface area contributed by atoms with Crippen LogP contribution in [0.1, 0.15) is 25.0 Å². The van der Waals surface area contributed by atoms with Crippen molar-refractivity contribution in [2.75, 3.05) is 0 Å². The molecule has 0 N–H and O–H groups in total. The zero-order valence-corrected chi connectivity index (χ0v) is 15.1. The molecular weight excluding hydrogens is 348 g/mol. The van der Waals surface area contributed by atoms with Crippen LogP contribution in [0, 0.1) is 20.2 Å². The molecule has 27 heavy (non-hydrogen) atoms. The SMILES string of the molecule is C/C=C/Cc1cccc(Oc2cccc(C/C=C/C)c2[N+](=O)[O-])c1[N+](=O)[O-]. The summed E-state index contributed by atoms with van der Waals surface area (Å²) in [5.41, 5.74) is 0.569. The topological polar surface area (TPSA) is 95.5 Å². The summed E-state index contributed by atoms with van der Waals surface area (Å²) >= 11 is 0. The standard InChI is InChI=1S/C20H20N2O5/c1-3-5-9-15-11-7-13-17(19(15)21(23)24)27-18-14-8-12-16(10-6-4-2)20(18)22(25)26/h3-8,11-14H,9-10H2,1-2H3/b5-3+,6-4+. The second-order valence-corrected chi connectivity index (χ2v) is 5.69. The first-order chi connectivity index (χ1) is 13.0. The van der Waals surface area contributed by atoms with Crippen LogP contribution in [0.3, 0.4) is 0 Å². The summed E-state index contributed by atoms with van der Waals surface area (Å²) in [7, 11) is 0. The van der Waals surface area contributed by atoms with Crippen LogP contribution in [0.4, 0.5) is 11.4 Å². The Hall–Kier alpha value is -3.48. The van der Waals surface area contributed by atoms with E-state index in [-0.39, 0.29) is 22.9 Å². The largest absolute Gasteiger partial charge is 0.443 e. The first-order valence-corrected chi connectivity index (χ1v) is 8.42. The van der Waals surface area contributed by atoms with Crippen molar-refractivity contribution in [3.63, 3.8) is 0 Å². The summed E-state index contributed by atoms with van der Waals surface area (Å²) in [4.78, 5) is 22.1. The van der Waals surface area contributed by atoms with E-state index in [0.29, 0.717) is 24.0 Å². The minimum absolute atomic E-state index is 0.0201.